The van der Waals surface area contributed by atoms with Crippen LogP contribution < -0.4 is 11.1 Å². The zero-order chi connectivity index (χ0) is 8.10. The average molecular weight is 156 g/mol. The molecule has 0 unspecified atom stereocenters. The second kappa shape index (κ2) is 3.67. The molecule has 1 aromatic heterocycles. The zero-order valence-electron chi connectivity index (χ0n) is 5.78. The molecule has 1 rings (SSSR count). The number of carbonyl (C=O) groups is 1. The Morgan fingerprint density at radius 3 is 3.18 bits per heavy atom. The minimum absolute atomic E-state index is 0.120. The van der Waals surface area contributed by atoms with Crippen molar-refractivity contribution in [1.82, 2.24) is 15.5 Å². The first-order valence-electron chi connectivity index (χ1n) is 3.03. The van der Waals surface area contributed by atoms with Gasteiger partial charge in [0.05, 0.1) is 13.1 Å². The minimum Gasteiger partial charge on any atom is -0.369 e. The van der Waals surface area contributed by atoms with Crippen molar-refractivity contribution in [3.8, 4) is 0 Å². The van der Waals surface area contributed by atoms with Gasteiger partial charge in [0.25, 0.3) is 0 Å². The lowest BCUT2D eigenvalue weighted by atomic mass is 10.5. The molecule has 0 aromatic carbocycles. The zero-order valence-corrected chi connectivity index (χ0v) is 5.78. The largest absolute Gasteiger partial charge is 0.369 e. The number of hydrogen-bond donors (Lipinski definition) is 2. The summed E-state index contributed by atoms with van der Waals surface area (Å²) in [5.74, 6) is 0.0970. The van der Waals surface area contributed by atoms with Crippen LogP contribution in [0.3, 0.4) is 0 Å². The van der Waals surface area contributed by atoms with Crippen LogP contribution in [0.4, 0.5) is 0 Å². The highest BCUT2D eigenvalue weighted by molar-refractivity contribution is 5.75. The van der Waals surface area contributed by atoms with Crippen molar-refractivity contribution in [2.75, 3.05) is 6.54 Å². The fourth-order valence-electron chi connectivity index (χ4n) is 0.568. The molecule has 0 spiro atoms. The van der Waals surface area contributed by atoms with Crippen LogP contribution in [0.15, 0.2) is 10.9 Å². The van der Waals surface area contributed by atoms with Crippen LogP contribution >= 0.6 is 0 Å². The fourth-order valence-corrected chi connectivity index (χ4v) is 0.568. The van der Waals surface area contributed by atoms with E-state index >= 15 is 0 Å². The first kappa shape index (κ1) is 7.67. The molecule has 1 amide bonds. The van der Waals surface area contributed by atoms with E-state index in [1.807, 2.05) is 0 Å². The average Bonchev–Trinajstić information content (AvgIpc) is 2.39. The summed E-state index contributed by atoms with van der Waals surface area (Å²) in [4.78, 5) is 13.9. The smallest absolute Gasteiger partial charge is 0.231 e. The van der Waals surface area contributed by atoms with Crippen LogP contribution in [0.2, 0.25) is 0 Å². The highest BCUT2D eigenvalue weighted by atomic mass is 16.5. The normalized spacial score (nSPS) is 9.82. The molecule has 0 fully saturated rings. The number of nitrogens with zero attached hydrogens (tertiary/aromatic N) is 2. The molecule has 6 nitrogen and oxygen atoms in total. The topological polar surface area (TPSA) is 94.0 Å². The molecule has 11 heavy (non-hydrogen) atoms. The quantitative estimate of drug-likeness (QED) is 0.561. The number of primary amides is 1. The Balaban J connectivity index is 2.19. The highest BCUT2D eigenvalue weighted by Crippen LogP contribution is 1.84. The van der Waals surface area contributed by atoms with Gasteiger partial charge in [-0.3, -0.25) is 4.79 Å². The first-order chi connectivity index (χ1) is 5.29. The van der Waals surface area contributed by atoms with E-state index in [-0.39, 0.29) is 6.54 Å². The summed E-state index contributed by atoms with van der Waals surface area (Å²) in [6, 6.07) is 0. The Hall–Kier alpha value is -1.43. The van der Waals surface area contributed by atoms with E-state index in [1.54, 1.807) is 0 Å². The third-order valence-electron chi connectivity index (χ3n) is 0.989. The molecule has 0 saturated carbocycles. The maximum Gasteiger partial charge on any atom is 0.231 e. The summed E-state index contributed by atoms with van der Waals surface area (Å²) in [6.45, 7) is 0.508. The van der Waals surface area contributed by atoms with Gasteiger partial charge in [-0.25, -0.2) is 0 Å². The summed E-state index contributed by atoms with van der Waals surface area (Å²) in [5.41, 5.74) is 4.87. The van der Waals surface area contributed by atoms with E-state index < -0.39 is 5.91 Å². The van der Waals surface area contributed by atoms with Gasteiger partial charge in [0, 0.05) is 0 Å². The summed E-state index contributed by atoms with van der Waals surface area (Å²) in [6.07, 6.45) is 1.22. The van der Waals surface area contributed by atoms with Crippen LogP contribution in [0.5, 0.6) is 0 Å². The number of rotatable bonds is 4. The van der Waals surface area contributed by atoms with E-state index in [0.717, 1.165) is 0 Å². The van der Waals surface area contributed by atoms with Gasteiger partial charge in [-0.15, -0.1) is 0 Å². The molecule has 3 N–H and O–H groups in total. The number of nitrogens with two attached hydrogens (primary N) is 1. The molecule has 0 bridgehead atoms. The Morgan fingerprint density at radius 2 is 2.64 bits per heavy atom. The Bertz CT molecular complexity index is 220. The van der Waals surface area contributed by atoms with Gasteiger partial charge in [0.15, 0.2) is 5.82 Å². The van der Waals surface area contributed by atoms with Crippen LogP contribution in [-0.4, -0.2) is 22.6 Å². The minimum atomic E-state index is -0.409. The fraction of sp³-hybridized carbons (Fsp3) is 0.400. The highest BCUT2D eigenvalue weighted by Gasteiger charge is 1.97. The number of hydrogen-bond acceptors (Lipinski definition) is 5. The van der Waals surface area contributed by atoms with Gasteiger partial charge in [-0.2, -0.15) is 4.98 Å². The summed E-state index contributed by atoms with van der Waals surface area (Å²) < 4.78 is 4.45. The second-order valence-electron chi connectivity index (χ2n) is 1.92. The summed E-state index contributed by atoms with van der Waals surface area (Å²) in [5, 5.41) is 6.24. The molecule has 0 aliphatic rings. The summed E-state index contributed by atoms with van der Waals surface area (Å²) in [7, 11) is 0. The van der Waals surface area contributed by atoms with Gasteiger partial charge in [0.1, 0.15) is 0 Å². The number of nitrogens with one attached hydrogen (secondary N) is 1. The van der Waals surface area contributed by atoms with Crippen molar-refractivity contribution in [1.29, 1.82) is 0 Å². The maximum absolute atomic E-state index is 10.2. The molecule has 1 aromatic rings. The Labute approximate surface area is 62.8 Å². The Morgan fingerprint density at radius 1 is 1.82 bits per heavy atom. The molecular formula is C5H8N4O2. The number of aromatic nitrogens is 2. The molecule has 60 valence electrons. The molecule has 0 atom stereocenters. The monoisotopic (exact) mass is 156 g/mol. The van der Waals surface area contributed by atoms with Crippen LogP contribution in [0, 0.1) is 0 Å². The van der Waals surface area contributed by atoms with Crippen molar-refractivity contribution in [2.24, 2.45) is 5.73 Å². The lowest BCUT2D eigenvalue weighted by Gasteiger charge is -1.94. The lowest BCUT2D eigenvalue weighted by molar-refractivity contribution is -0.117. The summed E-state index contributed by atoms with van der Waals surface area (Å²) >= 11 is 0. The molecule has 6 heteroatoms. The predicted molar refractivity (Wildman–Crippen MR) is 35.2 cm³/mol. The van der Waals surface area contributed by atoms with Crippen LogP contribution in [0.25, 0.3) is 0 Å². The third-order valence-corrected chi connectivity index (χ3v) is 0.989. The van der Waals surface area contributed by atoms with E-state index in [1.165, 1.54) is 6.39 Å². The van der Waals surface area contributed by atoms with Crippen molar-refractivity contribution in [3.63, 3.8) is 0 Å². The van der Waals surface area contributed by atoms with Gasteiger partial charge in [0.2, 0.25) is 12.3 Å². The molecular weight excluding hydrogens is 148 g/mol. The van der Waals surface area contributed by atoms with Crippen molar-refractivity contribution >= 4 is 5.91 Å². The standard InChI is InChI=1S/C5H8N4O2/c6-4(10)1-7-2-5-8-3-11-9-5/h3,7H,1-2H2,(H2,6,10). The maximum atomic E-state index is 10.2. The predicted octanol–water partition coefficient (Wildman–Crippen LogP) is -1.36. The van der Waals surface area contributed by atoms with E-state index in [9.17, 15) is 4.79 Å². The second-order valence-corrected chi connectivity index (χ2v) is 1.92. The van der Waals surface area contributed by atoms with Gasteiger partial charge in [-0.05, 0) is 0 Å². The first-order valence-corrected chi connectivity index (χ1v) is 3.03. The molecule has 0 aliphatic heterocycles. The molecule has 0 radical (unpaired) electrons. The van der Waals surface area contributed by atoms with E-state index in [4.69, 9.17) is 5.73 Å². The van der Waals surface area contributed by atoms with Gasteiger partial charge >= 0.3 is 0 Å². The van der Waals surface area contributed by atoms with Gasteiger partial charge < -0.3 is 15.6 Å². The number of amides is 1. The van der Waals surface area contributed by atoms with Gasteiger partial charge in [-0.1, -0.05) is 5.16 Å². The van der Waals surface area contributed by atoms with E-state index in [2.05, 4.69) is 20.0 Å². The SMILES string of the molecule is NC(=O)CNCc1ncon1. The molecule has 0 aliphatic carbocycles. The third kappa shape index (κ3) is 2.76. The Kier molecular flexibility index (Phi) is 2.56. The van der Waals surface area contributed by atoms with Crippen LogP contribution in [0.1, 0.15) is 5.82 Å². The molecule has 1 heterocycles. The molecule has 0 saturated heterocycles. The van der Waals surface area contributed by atoms with E-state index in [0.29, 0.717) is 12.4 Å². The number of carbonyl (C=O) groups excluding carboxylic acids is 1. The van der Waals surface area contributed by atoms with Crippen molar-refractivity contribution in [2.45, 2.75) is 6.54 Å². The van der Waals surface area contributed by atoms with Crippen molar-refractivity contribution in [3.05, 3.63) is 12.2 Å². The van der Waals surface area contributed by atoms with Crippen LogP contribution in [-0.2, 0) is 11.3 Å². The lowest BCUT2D eigenvalue weighted by Crippen LogP contribution is -2.28. The van der Waals surface area contributed by atoms with Crippen molar-refractivity contribution < 1.29 is 9.32 Å².